The zero-order chi connectivity index (χ0) is 7.28. The molecule has 2 heteroatoms. The molecule has 0 unspecified atom stereocenters. The van der Waals surface area contributed by atoms with Crippen LogP contribution in [0.3, 0.4) is 0 Å². The van der Waals surface area contributed by atoms with E-state index in [0.717, 1.165) is 0 Å². The van der Waals surface area contributed by atoms with E-state index in [1.54, 1.807) is 14.0 Å². The number of rotatable bonds is 3. The molecular formula is C7H12FN. The largest absolute Gasteiger partial charge is 0.316 e. The van der Waals surface area contributed by atoms with E-state index in [2.05, 4.69) is 11.9 Å². The van der Waals surface area contributed by atoms with Crippen LogP contribution in [0.2, 0.25) is 0 Å². The van der Waals surface area contributed by atoms with Crippen LogP contribution in [0.25, 0.3) is 0 Å². The van der Waals surface area contributed by atoms with Gasteiger partial charge in [-0.2, -0.15) is 0 Å². The quantitative estimate of drug-likeness (QED) is 0.571. The van der Waals surface area contributed by atoms with Crippen LogP contribution in [-0.2, 0) is 0 Å². The summed E-state index contributed by atoms with van der Waals surface area (Å²) in [5, 5.41) is 2.80. The molecule has 9 heavy (non-hydrogen) atoms. The van der Waals surface area contributed by atoms with Crippen molar-refractivity contribution in [3.8, 4) is 0 Å². The SMILES string of the molecule is C=C(C)/C(F)=C/CNC. The van der Waals surface area contributed by atoms with Crippen molar-refractivity contribution in [3.05, 3.63) is 24.1 Å². The maximum atomic E-state index is 12.4. The Balaban J connectivity index is 3.69. The minimum Gasteiger partial charge on any atom is -0.316 e. The maximum absolute atomic E-state index is 12.4. The lowest BCUT2D eigenvalue weighted by molar-refractivity contribution is 0.645. The van der Waals surface area contributed by atoms with Gasteiger partial charge in [0.25, 0.3) is 0 Å². The Labute approximate surface area is 55.3 Å². The average molecular weight is 129 g/mol. The molecule has 0 amide bonds. The molecule has 0 aromatic rings. The molecule has 0 bridgehead atoms. The summed E-state index contributed by atoms with van der Waals surface area (Å²) in [6.45, 7) is 5.63. The second kappa shape index (κ2) is 4.27. The summed E-state index contributed by atoms with van der Waals surface area (Å²) >= 11 is 0. The van der Waals surface area contributed by atoms with Crippen molar-refractivity contribution in [2.24, 2.45) is 0 Å². The van der Waals surface area contributed by atoms with E-state index in [4.69, 9.17) is 0 Å². The molecule has 0 rings (SSSR count). The van der Waals surface area contributed by atoms with Crippen LogP contribution in [0.15, 0.2) is 24.1 Å². The lowest BCUT2D eigenvalue weighted by Crippen LogP contribution is -2.04. The van der Waals surface area contributed by atoms with Crippen molar-refractivity contribution in [2.45, 2.75) is 6.92 Å². The van der Waals surface area contributed by atoms with Gasteiger partial charge in [-0.1, -0.05) is 6.58 Å². The van der Waals surface area contributed by atoms with Crippen molar-refractivity contribution in [1.82, 2.24) is 5.32 Å². The Bertz CT molecular complexity index is 127. The zero-order valence-electron chi connectivity index (χ0n) is 5.87. The predicted octanol–water partition coefficient (Wildman–Crippen LogP) is 1.64. The minimum atomic E-state index is -0.232. The molecule has 0 aliphatic carbocycles. The first-order valence-corrected chi connectivity index (χ1v) is 2.84. The third-order valence-electron chi connectivity index (χ3n) is 0.893. The van der Waals surface area contributed by atoms with Crippen LogP contribution in [0.4, 0.5) is 4.39 Å². The lowest BCUT2D eigenvalue weighted by Gasteiger charge is -1.92. The molecule has 0 saturated heterocycles. The first kappa shape index (κ1) is 8.37. The Morgan fingerprint density at radius 3 is 2.67 bits per heavy atom. The van der Waals surface area contributed by atoms with Gasteiger partial charge in [0.2, 0.25) is 0 Å². The van der Waals surface area contributed by atoms with Crippen molar-refractivity contribution < 1.29 is 4.39 Å². The Hall–Kier alpha value is -0.630. The highest BCUT2D eigenvalue weighted by Crippen LogP contribution is 2.05. The first-order valence-electron chi connectivity index (χ1n) is 2.84. The van der Waals surface area contributed by atoms with Crippen LogP contribution in [0, 0.1) is 0 Å². The monoisotopic (exact) mass is 129 g/mol. The van der Waals surface area contributed by atoms with Gasteiger partial charge >= 0.3 is 0 Å². The molecule has 1 N–H and O–H groups in total. The summed E-state index contributed by atoms with van der Waals surface area (Å²) in [7, 11) is 1.77. The predicted molar refractivity (Wildman–Crippen MR) is 37.9 cm³/mol. The number of hydrogen-bond donors (Lipinski definition) is 1. The summed E-state index contributed by atoms with van der Waals surface area (Å²) in [5.74, 6) is -0.232. The molecule has 0 aliphatic heterocycles. The van der Waals surface area contributed by atoms with Crippen molar-refractivity contribution in [2.75, 3.05) is 13.6 Å². The molecule has 0 spiro atoms. The van der Waals surface area contributed by atoms with Gasteiger partial charge in [0.1, 0.15) is 5.83 Å². The Morgan fingerprint density at radius 2 is 2.33 bits per heavy atom. The zero-order valence-corrected chi connectivity index (χ0v) is 5.87. The average Bonchev–Trinajstić information content (AvgIpc) is 1.82. The standard InChI is InChI=1S/C7H12FN/c1-6(2)7(8)4-5-9-3/h4,9H,1,5H2,2-3H3/b7-4-. The molecule has 0 fully saturated rings. The summed E-state index contributed by atoms with van der Waals surface area (Å²) in [5.41, 5.74) is 0.477. The fraction of sp³-hybridized carbons (Fsp3) is 0.429. The molecule has 0 aromatic carbocycles. The van der Waals surface area contributed by atoms with Gasteiger partial charge < -0.3 is 5.32 Å². The first-order chi connectivity index (χ1) is 4.18. The third-order valence-corrected chi connectivity index (χ3v) is 0.893. The maximum Gasteiger partial charge on any atom is 0.122 e. The lowest BCUT2D eigenvalue weighted by atomic mass is 10.3. The number of likely N-dealkylation sites (N-methyl/N-ethyl adjacent to an activating group) is 1. The van der Waals surface area contributed by atoms with Crippen LogP contribution in [-0.4, -0.2) is 13.6 Å². The van der Waals surface area contributed by atoms with Gasteiger partial charge in [0, 0.05) is 6.54 Å². The molecule has 0 aliphatic rings. The molecule has 1 nitrogen and oxygen atoms in total. The highest BCUT2D eigenvalue weighted by Gasteiger charge is 1.90. The Kier molecular flexibility index (Phi) is 3.97. The summed E-state index contributed by atoms with van der Waals surface area (Å²) < 4.78 is 12.4. The number of nitrogens with one attached hydrogen (secondary N) is 1. The van der Waals surface area contributed by atoms with Gasteiger partial charge in [0.05, 0.1) is 0 Å². The van der Waals surface area contributed by atoms with E-state index in [1.165, 1.54) is 6.08 Å². The molecule has 52 valence electrons. The van der Waals surface area contributed by atoms with Crippen molar-refractivity contribution in [3.63, 3.8) is 0 Å². The van der Waals surface area contributed by atoms with Crippen molar-refractivity contribution in [1.29, 1.82) is 0 Å². The number of halogens is 1. The van der Waals surface area contributed by atoms with Gasteiger partial charge in [-0.15, -0.1) is 0 Å². The van der Waals surface area contributed by atoms with Crippen LogP contribution < -0.4 is 5.32 Å². The Morgan fingerprint density at radius 1 is 1.78 bits per heavy atom. The van der Waals surface area contributed by atoms with E-state index in [0.29, 0.717) is 12.1 Å². The van der Waals surface area contributed by atoms with Gasteiger partial charge in [0.15, 0.2) is 0 Å². The van der Waals surface area contributed by atoms with E-state index in [-0.39, 0.29) is 5.83 Å². The molecule has 0 heterocycles. The number of hydrogen-bond acceptors (Lipinski definition) is 1. The van der Waals surface area contributed by atoms with E-state index in [1.807, 2.05) is 0 Å². The summed E-state index contributed by atoms with van der Waals surface area (Å²) in [6.07, 6.45) is 1.46. The smallest absolute Gasteiger partial charge is 0.122 e. The highest BCUT2D eigenvalue weighted by atomic mass is 19.1. The second-order valence-corrected chi connectivity index (χ2v) is 1.89. The molecule has 0 aromatic heterocycles. The van der Waals surface area contributed by atoms with E-state index < -0.39 is 0 Å². The topological polar surface area (TPSA) is 12.0 Å². The highest BCUT2D eigenvalue weighted by molar-refractivity contribution is 5.19. The van der Waals surface area contributed by atoms with Gasteiger partial charge in [-0.3, -0.25) is 0 Å². The number of allylic oxidation sites excluding steroid dienone is 2. The van der Waals surface area contributed by atoms with Crippen LogP contribution in [0.5, 0.6) is 0 Å². The van der Waals surface area contributed by atoms with Crippen LogP contribution >= 0.6 is 0 Å². The van der Waals surface area contributed by atoms with Crippen molar-refractivity contribution >= 4 is 0 Å². The molecular weight excluding hydrogens is 117 g/mol. The fourth-order valence-corrected chi connectivity index (χ4v) is 0.366. The van der Waals surface area contributed by atoms with Crippen LogP contribution in [0.1, 0.15) is 6.92 Å². The van der Waals surface area contributed by atoms with E-state index in [9.17, 15) is 4.39 Å². The molecule has 0 radical (unpaired) electrons. The second-order valence-electron chi connectivity index (χ2n) is 1.89. The normalized spacial score (nSPS) is 11.7. The molecule has 0 saturated carbocycles. The summed E-state index contributed by atoms with van der Waals surface area (Å²) in [4.78, 5) is 0. The van der Waals surface area contributed by atoms with Gasteiger partial charge in [-0.25, -0.2) is 4.39 Å². The third kappa shape index (κ3) is 3.91. The van der Waals surface area contributed by atoms with E-state index >= 15 is 0 Å². The fourth-order valence-electron chi connectivity index (χ4n) is 0.366. The molecule has 0 atom stereocenters. The van der Waals surface area contributed by atoms with Gasteiger partial charge in [-0.05, 0) is 25.6 Å². The summed E-state index contributed by atoms with van der Waals surface area (Å²) in [6, 6.07) is 0. The minimum absolute atomic E-state index is 0.232.